The van der Waals surface area contributed by atoms with Gasteiger partial charge in [-0.05, 0) is 49.9 Å². The van der Waals surface area contributed by atoms with Crippen LogP contribution in [0.3, 0.4) is 0 Å². The molecule has 1 atom stereocenters. The van der Waals surface area contributed by atoms with Crippen LogP contribution in [-0.4, -0.2) is 24.3 Å². The van der Waals surface area contributed by atoms with Crippen molar-refractivity contribution in [3.05, 3.63) is 64.2 Å². The zero-order valence-corrected chi connectivity index (χ0v) is 15.2. The summed E-state index contributed by atoms with van der Waals surface area (Å²) in [6.45, 7) is 2.97. The van der Waals surface area contributed by atoms with E-state index in [-0.39, 0.29) is 0 Å². The first-order valence-electron chi connectivity index (χ1n) is 9.09. The molecule has 0 aliphatic carbocycles. The van der Waals surface area contributed by atoms with Crippen molar-refractivity contribution < 1.29 is 9.47 Å². The van der Waals surface area contributed by atoms with E-state index in [1.165, 1.54) is 30.4 Å². The maximum absolute atomic E-state index is 6.32. The Hall–Kier alpha value is -1.55. The van der Waals surface area contributed by atoms with E-state index in [1.54, 1.807) is 0 Å². The molecule has 2 aliphatic heterocycles. The minimum atomic E-state index is 0.332. The smallest absolute Gasteiger partial charge is 0.189 e. The van der Waals surface area contributed by atoms with Gasteiger partial charge in [-0.3, -0.25) is 4.90 Å². The van der Waals surface area contributed by atoms with Crippen molar-refractivity contribution in [2.45, 2.75) is 44.9 Å². The minimum absolute atomic E-state index is 0.332. The molecular formula is C21H24ClNO2. The first-order chi connectivity index (χ1) is 12.3. The largest absolute Gasteiger partial charge is 0.467 e. The summed E-state index contributed by atoms with van der Waals surface area (Å²) in [5.41, 5.74) is 3.68. The first-order valence-corrected chi connectivity index (χ1v) is 9.47. The number of rotatable bonds is 5. The van der Waals surface area contributed by atoms with Crippen molar-refractivity contribution in [2.75, 3.05) is 13.3 Å². The highest BCUT2D eigenvalue weighted by Crippen LogP contribution is 2.34. The van der Waals surface area contributed by atoms with Crippen LogP contribution in [0.5, 0.6) is 5.75 Å². The normalized spacial score (nSPS) is 20.3. The second kappa shape index (κ2) is 7.77. The second-order valence-electron chi connectivity index (χ2n) is 6.95. The summed E-state index contributed by atoms with van der Waals surface area (Å²) in [4.78, 5) is 2.59. The number of hydrogen-bond donors (Lipinski definition) is 0. The van der Waals surface area contributed by atoms with Gasteiger partial charge in [-0.2, -0.15) is 0 Å². The molecule has 0 radical (unpaired) electrons. The molecule has 1 fully saturated rings. The number of aryl methyl sites for hydroxylation is 1. The molecule has 1 unspecified atom stereocenters. The van der Waals surface area contributed by atoms with Crippen LogP contribution in [0.25, 0.3) is 0 Å². The number of ether oxygens (including phenoxy) is 2. The van der Waals surface area contributed by atoms with Gasteiger partial charge in [0.05, 0.1) is 6.61 Å². The average Bonchev–Trinajstić information content (AvgIpc) is 3.08. The third-order valence-electron chi connectivity index (χ3n) is 5.23. The third kappa shape index (κ3) is 4.00. The molecule has 2 aromatic rings. The van der Waals surface area contributed by atoms with Crippen molar-refractivity contribution in [2.24, 2.45) is 0 Å². The van der Waals surface area contributed by atoms with Crippen molar-refractivity contribution in [1.29, 1.82) is 0 Å². The molecule has 0 aromatic heterocycles. The average molecular weight is 358 g/mol. The fourth-order valence-corrected chi connectivity index (χ4v) is 4.26. The quantitative estimate of drug-likeness (QED) is 0.767. The molecule has 4 heteroatoms. The Morgan fingerprint density at radius 1 is 1.16 bits per heavy atom. The summed E-state index contributed by atoms with van der Waals surface area (Å²) in [5, 5.41) is 0.767. The molecule has 25 heavy (non-hydrogen) atoms. The standard InChI is InChI=1S/C21H24ClNO2/c22-19-11-17(21-18(12-19)14-24-15-25-21)13-23-10-4-7-20(23)9-8-16-5-2-1-3-6-16/h1-3,5-6,11-12,20H,4,7-10,13-15H2. The fraction of sp³-hybridized carbons (Fsp3) is 0.429. The highest BCUT2D eigenvalue weighted by Gasteiger charge is 2.26. The topological polar surface area (TPSA) is 21.7 Å². The van der Waals surface area contributed by atoms with E-state index >= 15 is 0 Å². The Labute approximate surface area is 154 Å². The van der Waals surface area contributed by atoms with E-state index in [9.17, 15) is 0 Å². The summed E-state index contributed by atoms with van der Waals surface area (Å²) in [7, 11) is 0. The van der Waals surface area contributed by atoms with E-state index in [0.717, 1.165) is 35.8 Å². The van der Waals surface area contributed by atoms with Crippen molar-refractivity contribution in [3.63, 3.8) is 0 Å². The molecule has 1 saturated heterocycles. The zero-order valence-electron chi connectivity index (χ0n) is 14.4. The van der Waals surface area contributed by atoms with E-state index in [4.69, 9.17) is 21.1 Å². The Morgan fingerprint density at radius 2 is 2.04 bits per heavy atom. The summed E-state index contributed by atoms with van der Waals surface area (Å²) in [6.07, 6.45) is 4.89. The van der Waals surface area contributed by atoms with Crippen molar-refractivity contribution >= 4 is 11.6 Å². The molecule has 2 aliphatic rings. The number of nitrogens with zero attached hydrogens (tertiary/aromatic N) is 1. The summed E-state index contributed by atoms with van der Waals surface area (Å²) in [6, 6.07) is 15.4. The van der Waals surface area contributed by atoms with Crippen LogP contribution in [0.2, 0.25) is 5.02 Å². The molecule has 3 nitrogen and oxygen atoms in total. The Kier molecular flexibility index (Phi) is 5.25. The molecule has 0 amide bonds. The molecule has 0 saturated carbocycles. The number of likely N-dealkylation sites (tertiary alicyclic amines) is 1. The van der Waals surface area contributed by atoms with Crippen molar-refractivity contribution in [3.8, 4) is 5.75 Å². The van der Waals surface area contributed by atoms with Crippen LogP contribution >= 0.6 is 11.6 Å². The van der Waals surface area contributed by atoms with Crippen LogP contribution in [-0.2, 0) is 24.3 Å². The lowest BCUT2D eigenvalue weighted by molar-refractivity contribution is -0.0175. The molecule has 0 spiro atoms. The minimum Gasteiger partial charge on any atom is -0.467 e. The zero-order chi connectivity index (χ0) is 17.1. The maximum atomic E-state index is 6.32. The van der Waals surface area contributed by atoms with Crippen LogP contribution in [0.15, 0.2) is 42.5 Å². The highest BCUT2D eigenvalue weighted by molar-refractivity contribution is 6.30. The third-order valence-corrected chi connectivity index (χ3v) is 5.45. The SMILES string of the molecule is Clc1cc2c(c(CN3CCCC3CCc3ccccc3)c1)OCOC2. The van der Waals surface area contributed by atoms with Gasteiger partial charge < -0.3 is 9.47 Å². The lowest BCUT2D eigenvalue weighted by Gasteiger charge is -2.27. The lowest BCUT2D eigenvalue weighted by atomic mass is 10.0. The Balaban J connectivity index is 1.45. The number of hydrogen-bond acceptors (Lipinski definition) is 3. The van der Waals surface area contributed by atoms with Gasteiger partial charge in [0.2, 0.25) is 0 Å². The first kappa shape index (κ1) is 16.9. The van der Waals surface area contributed by atoms with Gasteiger partial charge in [0.25, 0.3) is 0 Å². The maximum Gasteiger partial charge on any atom is 0.189 e. The summed E-state index contributed by atoms with van der Waals surface area (Å²) >= 11 is 6.32. The molecule has 2 aromatic carbocycles. The Morgan fingerprint density at radius 3 is 2.92 bits per heavy atom. The molecule has 132 valence electrons. The van der Waals surface area contributed by atoms with Crippen molar-refractivity contribution in [1.82, 2.24) is 4.90 Å². The second-order valence-corrected chi connectivity index (χ2v) is 7.39. The van der Waals surface area contributed by atoms with Gasteiger partial charge >= 0.3 is 0 Å². The van der Waals surface area contributed by atoms with Gasteiger partial charge in [-0.25, -0.2) is 0 Å². The number of fused-ring (bicyclic) bond motifs is 1. The van der Waals surface area contributed by atoms with E-state index < -0.39 is 0 Å². The predicted octanol–water partition coefficient (Wildman–Crippen LogP) is 4.80. The fourth-order valence-electron chi connectivity index (χ4n) is 4.00. The monoisotopic (exact) mass is 357 g/mol. The molecule has 2 heterocycles. The lowest BCUT2D eigenvalue weighted by Crippen LogP contribution is -2.30. The van der Waals surface area contributed by atoms with Gasteiger partial charge in [0, 0.05) is 28.7 Å². The molecule has 0 bridgehead atoms. The molecule has 0 N–H and O–H groups in total. The highest BCUT2D eigenvalue weighted by atomic mass is 35.5. The van der Waals surface area contributed by atoms with Crippen LogP contribution in [0.1, 0.15) is 36.0 Å². The van der Waals surface area contributed by atoms with Gasteiger partial charge in [-0.1, -0.05) is 41.9 Å². The number of benzene rings is 2. The predicted molar refractivity (Wildman–Crippen MR) is 99.9 cm³/mol. The van der Waals surface area contributed by atoms with E-state index in [0.29, 0.717) is 19.4 Å². The van der Waals surface area contributed by atoms with Crippen LogP contribution in [0, 0.1) is 0 Å². The van der Waals surface area contributed by atoms with Gasteiger partial charge in [0.1, 0.15) is 5.75 Å². The van der Waals surface area contributed by atoms with Crippen LogP contribution in [0.4, 0.5) is 0 Å². The van der Waals surface area contributed by atoms with E-state index in [1.807, 2.05) is 6.07 Å². The molecule has 4 rings (SSSR count). The van der Waals surface area contributed by atoms with Gasteiger partial charge in [0.15, 0.2) is 6.79 Å². The summed E-state index contributed by atoms with van der Waals surface area (Å²) < 4.78 is 11.2. The van der Waals surface area contributed by atoms with Gasteiger partial charge in [-0.15, -0.1) is 0 Å². The summed E-state index contributed by atoms with van der Waals surface area (Å²) in [5.74, 6) is 0.976. The van der Waals surface area contributed by atoms with E-state index in [2.05, 4.69) is 41.3 Å². The molecular weight excluding hydrogens is 334 g/mol. The Bertz CT molecular complexity index is 719. The number of halogens is 1. The van der Waals surface area contributed by atoms with Crippen LogP contribution < -0.4 is 4.74 Å².